The van der Waals surface area contributed by atoms with E-state index < -0.39 is 69.6 Å². The quantitative estimate of drug-likeness (QED) is 0.333. The lowest BCUT2D eigenvalue weighted by Gasteiger charge is -2.50. The van der Waals surface area contributed by atoms with Crippen LogP contribution in [0.4, 0.5) is 4.39 Å². The van der Waals surface area contributed by atoms with E-state index in [2.05, 4.69) is 10.2 Å². The Balaban J connectivity index is 1.78. The van der Waals surface area contributed by atoms with Crippen LogP contribution in [0.15, 0.2) is 23.1 Å². The van der Waals surface area contributed by atoms with Crippen LogP contribution in [-0.2, 0) is 20.8 Å². The molecule has 3 aliphatic carbocycles. The number of aromatic amines is 1. The number of rotatable bonds is 3. The normalized spacial score (nSPS) is 28.4. The van der Waals surface area contributed by atoms with Crippen molar-refractivity contribution < 1.29 is 39.2 Å². The van der Waals surface area contributed by atoms with Crippen molar-refractivity contribution in [3.05, 3.63) is 40.0 Å². The molecule has 1 amide bonds. The number of fused-ring (bicyclic) bond motifs is 4. The number of benzene rings is 1. The number of nitrogens with zero attached hydrogens (tertiary/aromatic N) is 2. The van der Waals surface area contributed by atoms with Gasteiger partial charge in [-0.15, -0.1) is 0 Å². The summed E-state index contributed by atoms with van der Waals surface area (Å²) in [6.07, 6.45) is 0.949. The van der Waals surface area contributed by atoms with Crippen molar-refractivity contribution in [2.45, 2.75) is 31.4 Å². The first-order valence-corrected chi connectivity index (χ1v) is 11.0. The van der Waals surface area contributed by atoms with E-state index in [9.17, 15) is 34.8 Å². The molecule has 3 aliphatic rings. The molecule has 1 aromatic carbocycles. The molecule has 1 aromatic heterocycles. The number of phenolic OH excluding ortho intramolecular Hbond substituents is 1. The molecule has 184 valence electrons. The molecule has 12 heteroatoms. The van der Waals surface area contributed by atoms with Crippen molar-refractivity contribution in [1.82, 2.24) is 15.1 Å². The molecule has 2 aromatic rings. The maximum atomic E-state index is 15.3. The summed E-state index contributed by atoms with van der Waals surface area (Å²) in [6.45, 7) is 2.02. The van der Waals surface area contributed by atoms with E-state index in [0.29, 0.717) is 6.54 Å². The lowest BCUT2D eigenvalue weighted by Crippen LogP contribution is -2.66. The molecule has 0 aliphatic heterocycles. The summed E-state index contributed by atoms with van der Waals surface area (Å²) in [5, 5.41) is 50.4. The Hall–Kier alpha value is -3.77. The minimum absolute atomic E-state index is 0.000689. The maximum Gasteiger partial charge on any atom is 0.255 e. The molecule has 0 saturated heterocycles. The predicted molar refractivity (Wildman–Crippen MR) is 118 cm³/mol. The summed E-state index contributed by atoms with van der Waals surface area (Å²) < 4.78 is 15.3. The van der Waals surface area contributed by atoms with Crippen LogP contribution in [0.25, 0.3) is 16.7 Å². The maximum absolute atomic E-state index is 15.3. The zero-order valence-electron chi connectivity index (χ0n) is 18.8. The first-order valence-electron chi connectivity index (χ1n) is 11.0. The number of nitrogens with two attached hydrogens (primary N) is 1. The highest BCUT2D eigenvalue weighted by Crippen LogP contribution is 2.53. The van der Waals surface area contributed by atoms with Gasteiger partial charge in [-0.25, -0.2) is 4.39 Å². The molecule has 11 nitrogen and oxygen atoms in total. The number of nitrogens with one attached hydrogen (secondary N) is 1. The fraction of sp³-hybridized carbons (Fsp3) is 0.391. The number of hydrogen-bond donors (Lipinski definition) is 6. The van der Waals surface area contributed by atoms with Gasteiger partial charge in [0.25, 0.3) is 5.91 Å². The summed E-state index contributed by atoms with van der Waals surface area (Å²) in [6, 6.07) is -1.19. The van der Waals surface area contributed by atoms with Gasteiger partial charge in [0.2, 0.25) is 5.78 Å². The number of aliphatic hydroxyl groups excluding tert-OH is 2. The third kappa shape index (κ3) is 2.71. The topological polar surface area (TPSA) is 190 Å². The molecule has 0 bridgehead atoms. The van der Waals surface area contributed by atoms with Gasteiger partial charge >= 0.3 is 0 Å². The van der Waals surface area contributed by atoms with Crippen LogP contribution in [0.1, 0.15) is 24.5 Å². The lowest BCUT2D eigenvalue weighted by atomic mass is 9.57. The number of primary amides is 1. The summed E-state index contributed by atoms with van der Waals surface area (Å²) in [5.41, 5.74) is 0.900. The van der Waals surface area contributed by atoms with Gasteiger partial charge in [0, 0.05) is 17.1 Å². The van der Waals surface area contributed by atoms with Gasteiger partial charge in [0.1, 0.15) is 28.4 Å². The van der Waals surface area contributed by atoms with Crippen molar-refractivity contribution in [3.8, 4) is 5.75 Å². The van der Waals surface area contributed by atoms with E-state index in [4.69, 9.17) is 5.73 Å². The van der Waals surface area contributed by atoms with Crippen molar-refractivity contribution in [2.75, 3.05) is 13.6 Å². The second-order valence-corrected chi connectivity index (χ2v) is 9.25. The third-order valence-electron chi connectivity index (χ3n) is 7.65. The summed E-state index contributed by atoms with van der Waals surface area (Å²) >= 11 is 0. The van der Waals surface area contributed by atoms with Gasteiger partial charge in [-0.05, 0) is 32.4 Å². The Morgan fingerprint density at radius 1 is 1.34 bits per heavy atom. The average molecular weight is 486 g/mol. The van der Waals surface area contributed by atoms with Crippen molar-refractivity contribution in [3.63, 3.8) is 0 Å². The van der Waals surface area contributed by atoms with Crippen LogP contribution in [-0.4, -0.2) is 78.2 Å². The van der Waals surface area contributed by atoms with Gasteiger partial charge in [0.15, 0.2) is 17.1 Å². The molecule has 1 heterocycles. The van der Waals surface area contributed by atoms with Crippen LogP contribution in [0.3, 0.4) is 0 Å². The molecule has 1 fully saturated rings. The number of ketones is 2. The zero-order chi connectivity index (χ0) is 25.6. The Morgan fingerprint density at radius 2 is 2.03 bits per heavy atom. The van der Waals surface area contributed by atoms with E-state index in [1.165, 1.54) is 11.1 Å². The van der Waals surface area contributed by atoms with E-state index in [1.807, 2.05) is 0 Å². The van der Waals surface area contributed by atoms with E-state index in [0.717, 1.165) is 0 Å². The number of halogens is 1. The van der Waals surface area contributed by atoms with E-state index in [-0.39, 0.29) is 40.4 Å². The van der Waals surface area contributed by atoms with Crippen molar-refractivity contribution >= 4 is 34.1 Å². The number of likely N-dealkylation sites (N-methyl/N-ethyl adjacent to an activating group) is 1. The summed E-state index contributed by atoms with van der Waals surface area (Å²) in [4.78, 5) is 40.5. The number of Topliss-reactive ketones (excluding diaryl/α,β-unsaturated/α-hetero) is 2. The molecule has 1 saturated carbocycles. The number of aromatic hydroxyl groups is 1. The highest BCUT2D eigenvalue weighted by molar-refractivity contribution is 6.24. The fourth-order valence-electron chi connectivity index (χ4n) is 5.86. The summed E-state index contributed by atoms with van der Waals surface area (Å²) in [7, 11) is 1.56. The highest BCUT2D eigenvalue weighted by Gasteiger charge is 2.64. The van der Waals surface area contributed by atoms with Crippen LogP contribution >= 0.6 is 0 Å². The summed E-state index contributed by atoms with van der Waals surface area (Å²) in [5.74, 6) is -8.54. The monoisotopic (exact) mass is 486 g/mol. The Kier molecular flexibility index (Phi) is 4.84. The highest BCUT2D eigenvalue weighted by atomic mass is 19.1. The number of H-pyrrole nitrogens is 1. The molecule has 4 atom stereocenters. The smallest absolute Gasteiger partial charge is 0.255 e. The largest absolute Gasteiger partial charge is 0.508 e. The molecule has 35 heavy (non-hydrogen) atoms. The van der Waals surface area contributed by atoms with Crippen LogP contribution in [0.2, 0.25) is 0 Å². The fourth-order valence-corrected chi connectivity index (χ4v) is 5.86. The molecule has 5 rings (SSSR count). The number of carbonyl (C=O) groups is 3. The number of hydrogen-bond acceptors (Lipinski definition) is 9. The molecule has 0 spiro atoms. The number of phenols is 1. The number of carbonyl (C=O) groups excluding carboxylic acids is 3. The Morgan fingerprint density at radius 3 is 2.66 bits per heavy atom. The first-order chi connectivity index (χ1) is 16.5. The molecule has 0 radical (unpaired) electrons. The van der Waals surface area contributed by atoms with Gasteiger partial charge < -0.3 is 26.2 Å². The number of aromatic nitrogens is 2. The average Bonchev–Trinajstić information content (AvgIpc) is 3.30. The van der Waals surface area contributed by atoms with Gasteiger partial charge in [-0.1, -0.05) is 6.92 Å². The molecule has 7 N–H and O–H groups in total. The predicted octanol–water partition coefficient (Wildman–Crippen LogP) is 0.369. The number of amides is 1. The van der Waals surface area contributed by atoms with Crippen molar-refractivity contribution in [1.29, 1.82) is 0 Å². The minimum atomic E-state index is -2.74. The second kappa shape index (κ2) is 7.36. The first kappa shape index (κ1) is 23.0. The van der Waals surface area contributed by atoms with Crippen LogP contribution < -0.4 is 5.73 Å². The standard InChI is InChI=1S/C23H23FN4O7/c1-3-28(2)16-10-5-7-4-8-12(18(30)15-9(14(8)24)6-26-27-15)17(29)11(7)20(32)23(10,35)21(33)13(19(16)31)22(25)34/h6-7,10,16,29-30,33,35H,3-5H2,1-2H3,(H2,25,34)(H,26,27)/t7-,10-,16-,23-/m0/s1. The van der Waals surface area contributed by atoms with Gasteiger partial charge in [-0.3, -0.25) is 24.4 Å². The Bertz CT molecular complexity index is 1410. The molecular weight excluding hydrogens is 463 g/mol. The minimum Gasteiger partial charge on any atom is -0.508 e. The van der Waals surface area contributed by atoms with E-state index >= 15 is 4.39 Å². The second-order valence-electron chi connectivity index (χ2n) is 9.25. The molecule has 0 unspecified atom stereocenters. The van der Waals surface area contributed by atoms with Crippen molar-refractivity contribution in [2.24, 2.45) is 17.6 Å². The zero-order valence-corrected chi connectivity index (χ0v) is 18.8. The molecular formula is C23H23FN4O7. The van der Waals surface area contributed by atoms with Crippen LogP contribution in [0.5, 0.6) is 5.75 Å². The third-order valence-corrected chi connectivity index (χ3v) is 7.65. The number of aliphatic hydroxyl groups is 3. The van der Waals surface area contributed by atoms with E-state index in [1.54, 1.807) is 14.0 Å². The lowest BCUT2D eigenvalue weighted by molar-refractivity contribution is -0.154. The van der Waals surface area contributed by atoms with Gasteiger partial charge in [0.05, 0.1) is 23.2 Å². The van der Waals surface area contributed by atoms with Gasteiger partial charge in [-0.2, -0.15) is 5.10 Å². The Labute approximate surface area is 197 Å². The van der Waals surface area contributed by atoms with Crippen LogP contribution in [0, 0.1) is 17.7 Å². The SMILES string of the molecule is CCN(C)[C@@H]1C(=O)C(C(N)=O)=C(O)[C@@]2(O)C(=O)C3=C(O)c4c(c(F)c5cn[nH]c5c4O)C[C@H]3C[C@@H]12.